The van der Waals surface area contributed by atoms with Gasteiger partial charge in [-0.25, -0.2) is 4.79 Å². The molecular formula is C17H25N3O4. The molecule has 0 unspecified atom stereocenters. The number of fused-ring (bicyclic) bond motifs is 1. The van der Waals surface area contributed by atoms with Gasteiger partial charge in [-0.2, -0.15) is 0 Å². The first kappa shape index (κ1) is 16.7. The smallest absolute Gasteiger partial charge is 0.317 e. The van der Waals surface area contributed by atoms with Crippen LogP contribution in [-0.4, -0.2) is 70.6 Å². The molecule has 3 rings (SSSR count). The summed E-state index contributed by atoms with van der Waals surface area (Å²) in [6, 6.07) is 6.04. The molecule has 0 saturated carbocycles. The molecule has 132 valence electrons. The molecule has 24 heavy (non-hydrogen) atoms. The van der Waals surface area contributed by atoms with Crippen LogP contribution >= 0.6 is 0 Å². The van der Waals surface area contributed by atoms with Gasteiger partial charge in [-0.15, -0.1) is 0 Å². The van der Waals surface area contributed by atoms with E-state index < -0.39 is 0 Å². The lowest BCUT2D eigenvalue weighted by Crippen LogP contribution is -2.52. The van der Waals surface area contributed by atoms with Crippen LogP contribution in [0.4, 0.5) is 10.5 Å². The van der Waals surface area contributed by atoms with Crippen LogP contribution in [0.15, 0.2) is 18.2 Å². The summed E-state index contributed by atoms with van der Waals surface area (Å²) in [5.74, 6) is 1.61. The van der Waals surface area contributed by atoms with Crippen LogP contribution in [0.25, 0.3) is 0 Å². The van der Waals surface area contributed by atoms with Gasteiger partial charge in [-0.3, -0.25) is 0 Å². The fourth-order valence-corrected chi connectivity index (χ4v) is 2.92. The Balaban J connectivity index is 1.49. The van der Waals surface area contributed by atoms with Crippen molar-refractivity contribution in [1.29, 1.82) is 0 Å². The monoisotopic (exact) mass is 335 g/mol. The number of benzene rings is 1. The molecule has 7 nitrogen and oxygen atoms in total. The highest BCUT2D eigenvalue weighted by molar-refractivity contribution is 5.74. The molecule has 2 amide bonds. The van der Waals surface area contributed by atoms with E-state index in [0.717, 1.165) is 36.7 Å². The molecule has 0 aliphatic carbocycles. The zero-order valence-electron chi connectivity index (χ0n) is 14.1. The fraction of sp³-hybridized carbons (Fsp3) is 0.588. The maximum absolute atomic E-state index is 12.1. The van der Waals surface area contributed by atoms with E-state index in [1.54, 1.807) is 7.11 Å². The maximum Gasteiger partial charge on any atom is 0.317 e. The maximum atomic E-state index is 12.1. The Kier molecular flexibility index (Phi) is 5.63. The molecule has 2 heterocycles. The number of methoxy groups -OCH3 is 1. The van der Waals surface area contributed by atoms with E-state index in [2.05, 4.69) is 10.2 Å². The molecule has 1 saturated heterocycles. The van der Waals surface area contributed by atoms with Gasteiger partial charge < -0.3 is 29.3 Å². The summed E-state index contributed by atoms with van der Waals surface area (Å²) in [6.45, 7) is 5.55. The minimum Gasteiger partial charge on any atom is -0.486 e. The summed E-state index contributed by atoms with van der Waals surface area (Å²) in [5.41, 5.74) is 1.11. The fourth-order valence-electron chi connectivity index (χ4n) is 2.92. The summed E-state index contributed by atoms with van der Waals surface area (Å²) in [7, 11) is 1.67. The van der Waals surface area contributed by atoms with Gasteiger partial charge in [0.2, 0.25) is 0 Å². The number of hydrogen-bond acceptors (Lipinski definition) is 5. The van der Waals surface area contributed by atoms with E-state index in [1.807, 2.05) is 23.1 Å². The van der Waals surface area contributed by atoms with E-state index in [1.165, 1.54) is 0 Å². The second kappa shape index (κ2) is 8.10. The third kappa shape index (κ3) is 4.03. The quantitative estimate of drug-likeness (QED) is 0.823. The molecule has 1 aromatic rings. The van der Waals surface area contributed by atoms with Crippen molar-refractivity contribution in [3.05, 3.63) is 18.2 Å². The Bertz CT molecular complexity index is 559. The number of carbonyl (C=O) groups is 1. The third-order valence-corrected chi connectivity index (χ3v) is 4.26. The minimum atomic E-state index is 0.00734. The first-order chi connectivity index (χ1) is 11.8. The van der Waals surface area contributed by atoms with E-state index in [-0.39, 0.29) is 6.03 Å². The van der Waals surface area contributed by atoms with Crippen LogP contribution in [0.5, 0.6) is 11.5 Å². The first-order valence-corrected chi connectivity index (χ1v) is 8.44. The molecule has 1 fully saturated rings. The molecule has 0 aromatic heterocycles. The van der Waals surface area contributed by atoms with Crippen molar-refractivity contribution < 1.29 is 19.0 Å². The number of nitrogens with zero attached hydrogens (tertiary/aromatic N) is 2. The molecule has 0 atom stereocenters. The Hall–Kier alpha value is -2.15. The van der Waals surface area contributed by atoms with E-state index >= 15 is 0 Å². The van der Waals surface area contributed by atoms with Gasteiger partial charge >= 0.3 is 6.03 Å². The number of hydrogen-bond donors (Lipinski definition) is 1. The summed E-state index contributed by atoms with van der Waals surface area (Å²) < 4.78 is 16.2. The predicted octanol–water partition coefficient (Wildman–Crippen LogP) is 1.33. The van der Waals surface area contributed by atoms with Gasteiger partial charge in [0, 0.05) is 58.2 Å². The minimum absolute atomic E-state index is 0.00734. The predicted molar refractivity (Wildman–Crippen MR) is 91.1 cm³/mol. The van der Waals surface area contributed by atoms with Crippen LogP contribution < -0.4 is 19.7 Å². The molecule has 2 aliphatic rings. The zero-order valence-corrected chi connectivity index (χ0v) is 14.1. The zero-order chi connectivity index (χ0) is 16.8. The highest BCUT2D eigenvalue weighted by Crippen LogP contribution is 2.34. The van der Waals surface area contributed by atoms with E-state index in [9.17, 15) is 4.79 Å². The highest BCUT2D eigenvalue weighted by Gasteiger charge is 2.22. The molecule has 1 N–H and O–H groups in total. The van der Waals surface area contributed by atoms with Crippen LogP contribution in [-0.2, 0) is 4.74 Å². The van der Waals surface area contributed by atoms with E-state index in [4.69, 9.17) is 14.2 Å². The van der Waals surface area contributed by atoms with Gasteiger partial charge in [0.05, 0.1) is 0 Å². The number of carbonyl (C=O) groups excluding carboxylic acids is 1. The number of urea groups is 1. The number of amides is 2. The largest absolute Gasteiger partial charge is 0.486 e. The van der Waals surface area contributed by atoms with Gasteiger partial charge in [0.25, 0.3) is 0 Å². The van der Waals surface area contributed by atoms with Crippen molar-refractivity contribution in [3.8, 4) is 11.5 Å². The molecule has 7 heteroatoms. The molecule has 0 radical (unpaired) electrons. The van der Waals surface area contributed by atoms with Crippen molar-refractivity contribution in [2.75, 3.05) is 64.6 Å². The van der Waals surface area contributed by atoms with Crippen molar-refractivity contribution in [2.45, 2.75) is 6.42 Å². The first-order valence-electron chi connectivity index (χ1n) is 8.44. The standard InChI is InChI=1S/C17H25N3O4/c1-22-10-2-5-18-17(21)20-8-6-19(7-9-20)14-3-4-15-16(13-14)24-12-11-23-15/h3-4,13H,2,5-12H2,1H3,(H,18,21). The van der Waals surface area contributed by atoms with Crippen molar-refractivity contribution in [3.63, 3.8) is 0 Å². The van der Waals surface area contributed by atoms with Crippen LogP contribution in [0, 0.1) is 0 Å². The Labute approximate surface area is 142 Å². The van der Waals surface area contributed by atoms with Gasteiger partial charge in [0.1, 0.15) is 13.2 Å². The Morgan fingerprint density at radius 3 is 2.67 bits per heavy atom. The molecule has 0 spiro atoms. The Morgan fingerprint density at radius 2 is 1.92 bits per heavy atom. The SMILES string of the molecule is COCCCNC(=O)N1CCN(c2ccc3c(c2)OCCO3)CC1. The van der Waals surface area contributed by atoms with E-state index in [0.29, 0.717) is 39.5 Å². The normalized spacial score (nSPS) is 16.9. The average Bonchev–Trinajstić information content (AvgIpc) is 2.65. The number of nitrogens with one attached hydrogen (secondary N) is 1. The number of rotatable bonds is 5. The second-order valence-electron chi connectivity index (χ2n) is 5.88. The lowest BCUT2D eigenvalue weighted by atomic mass is 10.2. The Morgan fingerprint density at radius 1 is 1.17 bits per heavy atom. The van der Waals surface area contributed by atoms with Gasteiger partial charge in [-0.05, 0) is 18.6 Å². The lowest BCUT2D eigenvalue weighted by Gasteiger charge is -2.36. The number of piperazine rings is 1. The topological polar surface area (TPSA) is 63.3 Å². The average molecular weight is 335 g/mol. The van der Waals surface area contributed by atoms with Crippen molar-refractivity contribution in [1.82, 2.24) is 10.2 Å². The summed E-state index contributed by atoms with van der Waals surface area (Å²) in [5, 5.41) is 2.93. The highest BCUT2D eigenvalue weighted by atomic mass is 16.6. The van der Waals surface area contributed by atoms with Crippen molar-refractivity contribution >= 4 is 11.7 Å². The van der Waals surface area contributed by atoms with Gasteiger partial charge in [-0.1, -0.05) is 0 Å². The molecule has 1 aromatic carbocycles. The van der Waals surface area contributed by atoms with Crippen LogP contribution in [0.3, 0.4) is 0 Å². The van der Waals surface area contributed by atoms with Crippen LogP contribution in [0.2, 0.25) is 0 Å². The second-order valence-corrected chi connectivity index (χ2v) is 5.88. The summed E-state index contributed by atoms with van der Waals surface area (Å²) >= 11 is 0. The third-order valence-electron chi connectivity index (χ3n) is 4.26. The molecule has 0 bridgehead atoms. The number of anilines is 1. The summed E-state index contributed by atoms with van der Waals surface area (Å²) in [4.78, 5) is 16.2. The molecule has 2 aliphatic heterocycles. The van der Waals surface area contributed by atoms with Crippen molar-refractivity contribution in [2.24, 2.45) is 0 Å². The van der Waals surface area contributed by atoms with Crippen LogP contribution in [0.1, 0.15) is 6.42 Å². The molecular weight excluding hydrogens is 310 g/mol. The number of ether oxygens (including phenoxy) is 3. The summed E-state index contributed by atoms with van der Waals surface area (Å²) in [6.07, 6.45) is 0.833. The van der Waals surface area contributed by atoms with Gasteiger partial charge in [0.15, 0.2) is 11.5 Å². The lowest BCUT2D eigenvalue weighted by molar-refractivity contribution is 0.171.